The van der Waals surface area contributed by atoms with E-state index in [4.69, 9.17) is 0 Å². The number of sulfonamides is 1. The average molecular weight is 547 g/mol. The Labute approximate surface area is 224 Å². The molecule has 0 radical (unpaired) electrons. The molecule has 0 atom stereocenters. The van der Waals surface area contributed by atoms with E-state index in [0.717, 1.165) is 62.2 Å². The van der Waals surface area contributed by atoms with Crippen molar-refractivity contribution in [1.29, 1.82) is 0 Å². The Morgan fingerprint density at radius 1 is 0.973 bits per heavy atom. The van der Waals surface area contributed by atoms with Gasteiger partial charge in [0.2, 0.25) is 10.0 Å². The molecule has 3 heterocycles. The zero-order valence-electron chi connectivity index (χ0n) is 22.1. The summed E-state index contributed by atoms with van der Waals surface area (Å²) in [6.45, 7) is 10.9. The third kappa shape index (κ3) is 5.92. The van der Waals surface area contributed by atoms with Crippen LogP contribution in [0.4, 0.5) is 5.00 Å². The number of hydrogen-bond acceptors (Lipinski definition) is 6. The fourth-order valence-electron chi connectivity index (χ4n) is 5.09. The number of rotatable bonds is 8. The molecule has 1 aromatic carbocycles. The van der Waals surface area contributed by atoms with E-state index in [-0.39, 0.29) is 16.7 Å². The van der Waals surface area contributed by atoms with Crippen LogP contribution in [0.2, 0.25) is 0 Å². The normalized spacial score (nSPS) is 17.2. The fraction of sp³-hybridized carbons (Fsp3) is 0.556. The van der Waals surface area contributed by atoms with E-state index in [2.05, 4.69) is 17.1 Å². The smallest absolute Gasteiger partial charge is 0.257 e. The Morgan fingerprint density at radius 3 is 2.22 bits per heavy atom. The van der Waals surface area contributed by atoms with E-state index < -0.39 is 10.0 Å². The standard InChI is InChI=1S/C27H38N4O4S2/c1-4-29-18-15-22-23(19-29)36-26(24(22)27(33)30(5-2)6-3)28-25(32)20-11-13-21(14-12-20)37(34,35)31-16-9-7-8-10-17-31/h11-14H,4-10,15-19H2,1-3H3,(H,28,32). The molecular formula is C27H38N4O4S2. The molecule has 0 saturated carbocycles. The maximum Gasteiger partial charge on any atom is 0.257 e. The Kier molecular flexibility index (Phi) is 9.05. The molecule has 1 saturated heterocycles. The molecule has 1 fully saturated rings. The minimum Gasteiger partial charge on any atom is -0.339 e. The van der Waals surface area contributed by atoms with Crippen LogP contribution in [0, 0.1) is 0 Å². The number of fused-ring (bicyclic) bond motifs is 1. The first-order valence-corrected chi connectivity index (χ1v) is 15.6. The first kappa shape index (κ1) is 27.8. The van der Waals surface area contributed by atoms with Crippen molar-refractivity contribution in [1.82, 2.24) is 14.1 Å². The fourth-order valence-corrected chi connectivity index (χ4v) is 7.89. The predicted molar refractivity (Wildman–Crippen MR) is 148 cm³/mol. The quantitative estimate of drug-likeness (QED) is 0.529. The summed E-state index contributed by atoms with van der Waals surface area (Å²) < 4.78 is 27.7. The maximum atomic E-state index is 13.5. The van der Waals surface area contributed by atoms with Gasteiger partial charge in [-0.05, 0) is 69.5 Å². The van der Waals surface area contributed by atoms with Gasteiger partial charge in [0, 0.05) is 49.7 Å². The van der Waals surface area contributed by atoms with Crippen LogP contribution in [0.5, 0.6) is 0 Å². The molecule has 0 spiro atoms. The summed E-state index contributed by atoms with van der Waals surface area (Å²) in [6.07, 6.45) is 4.62. The molecule has 4 rings (SSSR count). The van der Waals surface area contributed by atoms with E-state index in [0.29, 0.717) is 42.3 Å². The topological polar surface area (TPSA) is 90.0 Å². The summed E-state index contributed by atoms with van der Waals surface area (Å²) in [5, 5.41) is 3.56. The van der Waals surface area contributed by atoms with E-state index in [1.165, 1.54) is 23.5 Å². The second kappa shape index (κ2) is 12.1. The SMILES string of the molecule is CCN1CCc2c(sc(NC(=O)c3ccc(S(=O)(=O)N4CCCCCC4)cc3)c2C(=O)N(CC)CC)C1. The van der Waals surface area contributed by atoms with Gasteiger partial charge in [-0.25, -0.2) is 8.42 Å². The third-order valence-electron chi connectivity index (χ3n) is 7.39. The van der Waals surface area contributed by atoms with Gasteiger partial charge in [0.15, 0.2) is 0 Å². The highest BCUT2D eigenvalue weighted by Gasteiger charge is 2.30. The molecule has 2 amide bonds. The number of carbonyl (C=O) groups is 2. The number of likely N-dealkylation sites (N-methyl/N-ethyl adjacent to an activating group) is 1. The van der Waals surface area contributed by atoms with Crippen molar-refractivity contribution < 1.29 is 18.0 Å². The van der Waals surface area contributed by atoms with Gasteiger partial charge in [-0.15, -0.1) is 11.3 Å². The molecule has 2 aliphatic rings. The van der Waals surface area contributed by atoms with Crippen molar-refractivity contribution in [3.63, 3.8) is 0 Å². The number of amides is 2. The van der Waals surface area contributed by atoms with Crippen molar-refractivity contribution in [2.24, 2.45) is 0 Å². The molecule has 0 unspecified atom stereocenters. The van der Waals surface area contributed by atoms with Crippen LogP contribution in [-0.2, 0) is 23.0 Å². The summed E-state index contributed by atoms with van der Waals surface area (Å²) in [6, 6.07) is 6.13. The lowest BCUT2D eigenvalue weighted by atomic mass is 10.0. The Hall–Kier alpha value is -2.27. The molecule has 1 N–H and O–H groups in total. The van der Waals surface area contributed by atoms with Crippen LogP contribution in [0.3, 0.4) is 0 Å². The third-order valence-corrected chi connectivity index (χ3v) is 10.4. The first-order chi connectivity index (χ1) is 17.8. The highest BCUT2D eigenvalue weighted by Crippen LogP contribution is 2.38. The number of hydrogen-bond donors (Lipinski definition) is 1. The molecule has 202 valence electrons. The molecule has 8 nitrogen and oxygen atoms in total. The van der Waals surface area contributed by atoms with Crippen LogP contribution in [0.25, 0.3) is 0 Å². The van der Waals surface area contributed by atoms with Crippen molar-refractivity contribution >= 4 is 38.2 Å². The number of nitrogens with one attached hydrogen (secondary N) is 1. The Balaban J connectivity index is 1.58. The van der Waals surface area contributed by atoms with Crippen molar-refractivity contribution in [2.45, 2.75) is 64.3 Å². The minimum absolute atomic E-state index is 0.0540. The zero-order chi connectivity index (χ0) is 26.6. The lowest BCUT2D eigenvalue weighted by molar-refractivity contribution is 0.0772. The number of carbonyl (C=O) groups excluding carboxylic acids is 2. The second-order valence-electron chi connectivity index (χ2n) is 9.60. The van der Waals surface area contributed by atoms with Gasteiger partial charge < -0.3 is 10.2 Å². The molecule has 2 aliphatic heterocycles. The van der Waals surface area contributed by atoms with Gasteiger partial charge >= 0.3 is 0 Å². The van der Waals surface area contributed by atoms with Crippen LogP contribution in [0.15, 0.2) is 29.2 Å². The van der Waals surface area contributed by atoms with E-state index in [1.807, 2.05) is 13.8 Å². The lowest BCUT2D eigenvalue weighted by Crippen LogP contribution is -2.34. The maximum absolute atomic E-state index is 13.5. The lowest BCUT2D eigenvalue weighted by Gasteiger charge is -2.26. The van der Waals surface area contributed by atoms with Gasteiger partial charge in [-0.1, -0.05) is 19.8 Å². The van der Waals surface area contributed by atoms with Crippen LogP contribution in [0.1, 0.15) is 77.6 Å². The van der Waals surface area contributed by atoms with Crippen LogP contribution >= 0.6 is 11.3 Å². The van der Waals surface area contributed by atoms with Crippen molar-refractivity contribution in [3.8, 4) is 0 Å². The molecule has 0 bridgehead atoms. The highest BCUT2D eigenvalue weighted by atomic mass is 32.2. The van der Waals surface area contributed by atoms with E-state index >= 15 is 0 Å². The van der Waals surface area contributed by atoms with Crippen LogP contribution < -0.4 is 5.32 Å². The van der Waals surface area contributed by atoms with Gasteiger partial charge in [-0.3, -0.25) is 14.5 Å². The predicted octanol–water partition coefficient (Wildman–Crippen LogP) is 4.43. The number of thiophene rings is 1. The number of anilines is 1. The van der Waals surface area contributed by atoms with Gasteiger partial charge in [0.1, 0.15) is 5.00 Å². The van der Waals surface area contributed by atoms with E-state index in [9.17, 15) is 18.0 Å². The van der Waals surface area contributed by atoms with Gasteiger partial charge in [0.25, 0.3) is 11.8 Å². The van der Waals surface area contributed by atoms with Gasteiger partial charge in [0.05, 0.1) is 10.5 Å². The molecule has 37 heavy (non-hydrogen) atoms. The molecule has 0 aliphatic carbocycles. The Bertz CT molecular complexity index is 1210. The first-order valence-electron chi connectivity index (χ1n) is 13.4. The van der Waals surface area contributed by atoms with Crippen molar-refractivity contribution in [2.75, 3.05) is 44.6 Å². The summed E-state index contributed by atoms with van der Waals surface area (Å²) >= 11 is 1.48. The van der Waals surface area contributed by atoms with E-state index in [1.54, 1.807) is 21.3 Å². The second-order valence-corrected chi connectivity index (χ2v) is 12.6. The molecule has 10 heteroatoms. The largest absolute Gasteiger partial charge is 0.339 e. The summed E-state index contributed by atoms with van der Waals surface area (Å²) in [5.41, 5.74) is 2.01. The number of nitrogens with zero attached hydrogens (tertiary/aromatic N) is 3. The average Bonchev–Trinajstić information content (AvgIpc) is 3.05. The highest BCUT2D eigenvalue weighted by molar-refractivity contribution is 7.89. The summed E-state index contributed by atoms with van der Waals surface area (Å²) in [4.78, 5) is 32.1. The number of benzene rings is 1. The summed E-state index contributed by atoms with van der Waals surface area (Å²) in [5.74, 6) is -0.403. The molecular weight excluding hydrogens is 508 g/mol. The zero-order valence-corrected chi connectivity index (χ0v) is 23.7. The molecule has 2 aromatic rings. The van der Waals surface area contributed by atoms with Gasteiger partial charge in [-0.2, -0.15) is 4.31 Å². The molecule has 1 aromatic heterocycles. The summed E-state index contributed by atoms with van der Waals surface area (Å²) in [7, 11) is -3.58. The van der Waals surface area contributed by atoms with Crippen LogP contribution in [-0.4, -0.2) is 73.6 Å². The Morgan fingerprint density at radius 2 is 1.62 bits per heavy atom. The minimum atomic E-state index is -3.58. The van der Waals surface area contributed by atoms with Crippen molar-refractivity contribution in [3.05, 3.63) is 45.8 Å². The monoisotopic (exact) mass is 546 g/mol.